The molecule has 1 aromatic rings. The van der Waals surface area contributed by atoms with Crippen LogP contribution in [0.2, 0.25) is 0 Å². The zero-order valence-corrected chi connectivity index (χ0v) is 7.61. The molecule has 1 unspecified atom stereocenters. The van der Waals surface area contributed by atoms with E-state index in [1.165, 1.54) is 0 Å². The SMILES string of the molecule is Cc1noc2c1=CC(C)C=C(O)C=2. The van der Waals surface area contributed by atoms with Crippen LogP contribution in [0.15, 0.2) is 16.4 Å². The Morgan fingerprint density at radius 2 is 2.23 bits per heavy atom. The zero-order chi connectivity index (χ0) is 9.42. The van der Waals surface area contributed by atoms with E-state index in [-0.39, 0.29) is 11.7 Å². The van der Waals surface area contributed by atoms with Gasteiger partial charge in [0.05, 0.1) is 5.69 Å². The minimum Gasteiger partial charge on any atom is -0.508 e. The summed E-state index contributed by atoms with van der Waals surface area (Å²) in [5.74, 6) is 0.439. The molecule has 68 valence electrons. The highest BCUT2D eigenvalue weighted by molar-refractivity contribution is 5.47. The van der Waals surface area contributed by atoms with Gasteiger partial charge in [0.15, 0.2) is 5.42 Å². The van der Waals surface area contributed by atoms with E-state index < -0.39 is 0 Å². The molecule has 13 heavy (non-hydrogen) atoms. The monoisotopic (exact) mass is 177 g/mol. The Balaban J connectivity index is 2.78. The summed E-state index contributed by atoms with van der Waals surface area (Å²) in [5, 5.41) is 14.2. The van der Waals surface area contributed by atoms with Crippen LogP contribution in [-0.2, 0) is 0 Å². The third-order valence-electron chi connectivity index (χ3n) is 2.08. The molecule has 1 aliphatic rings. The minimum atomic E-state index is 0.204. The molecule has 1 aliphatic carbocycles. The second kappa shape index (κ2) is 2.76. The lowest BCUT2D eigenvalue weighted by Gasteiger charge is -1.94. The Hall–Kier alpha value is -1.51. The van der Waals surface area contributed by atoms with Gasteiger partial charge in [-0.1, -0.05) is 18.2 Å². The predicted octanol–water partition coefficient (Wildman–Crippen LogP) is 0.636. The fourth-order valence-electron chi connectivity index (χ4n) is 1.46. The van der Waals surface area contributed by atoms with Gasteiger partial charge in [-0.25, -0.2) is 0 Å². The van der Waals surface area contributed by atoms with E-state index in [1.807, 2.05) is 19.9 Å². The molecular formula is C10H11NO2. The first-order chi connectivity index (χ1) is 6.16. The molecule has 1 N–H and O–H groups in total. The topological polar surface area (TPSA) is 46.3 Å². The molecule has 0 saturated carbocycles. The van der Waals surface area contributed by atoms with Crippen LogP contribution in [-0.4, -0.2) is 10.3 Å². The Kier molecular flexibility index (Phi) is 1.72. The zero-order valence-electron chi connectivity index (χ0n) is 7.61. The predicted molar refractivity (Wildman–Crippen MR) is 49.3 cm³/mol. The second-order valence-corrected chi connectivity index (χ2v) is 3.31. The third kappa shape index (κ3) is 1.37. The molecule has 0 spiro atoms. The first-order valence-corrected chi connectivity index (χ1v) is 4.23. The van der Waals surface area contributed by atoms with Gasteiger partial charge in [-0.15, -0.1) is 0 Å². The lowest BCUT2D eigenvalue weighted by atomic mass is 10.1. The van der Waals surface area contributed by atoms with Crippen molar-refractivity contribution < 1.29 is 9.63 Å². The molecule has 1 aromatic heterocycles. The molecule has 1 heterocycles. The highest BCUT2D eigenvalue weighted by Crippen LogP contribution is 2.05. The van der Waals surface area contributed by atoms with E-state index in [9.17, 15) is 5.11 Å². The van der Waals surface area contributed by atoms with Gasteiger partial charge in [0.2, 0.25) is 0 Å². The lowest BCUT2D eigenvalue weighted by Crippen LogP contribution is -2.21. The second-order valence-electron chi connectivity index (χ2n) is 3.31. The normalized spacial score (nSPS) is 20.8. The highest BCUT2D eigenvalue weighted by atomic mass is 16.5. The number of allylic oxidation sites excluding steroid dienone is 2. The summed E-state index contributed by atoms with van der Waals surface area (Å²) in [5.41, 5.74) is 1.50. The lowest BCUT2D eigenvalue weighted by molar-refractivity contribution is 0.385. The average Bonchev–Trinajstić information content (AvgIpc) is 2.32. The van der Waals surface area contributed by atoms with Crippen molar-refractivity contribution in [3.05, 3.63) is 28.2 Å². The maximum atomic E-state index is 9.41. The Labute approximate surface area is 75.7 Å². The van der Waals surface area contributed by atoms with Crippen molar-refractivity contribution in [3.8, 4) is 0 Å². The number of rotatable bonds is 0. The van der Waals surface area contributed by atoms with Gasteiger partial charge in [-0.2, -0.15) is 0 Å². The average molecular weight is 177 g/mol. The molecule has 0 saturated heterocycles. The van der Waals surface area contributed by atoms with Crippen molar-refractivity contribution in [2.75, 3.05) is 0 Å². The van der Waals surface area contributed by atoms with Gasteiger partial charge in [-0.3, -0.25) is 0 Å². The summed E-state index contributed by atoms with van der Waals surface area (Å²) in [6.07, 6.45) is 5.39. The van der Waals surface area contributed by atoms with Crippen LogP contribution in [0.1, 0.15) is 12.6 Å². The Morgan fingerprint density at radius 1 is 1.46 bits per heavy atom. The van der Waals surface area contributed by atoms with Crippen molar-refractivity contribution in [1.29, 1.82) is 0 Å². The number of aromatic nitrogens is 1. The molecule has 0 bridgehead atoms. The van der Waals surface area contributed by atoms with Gasteiger partial charge >= 0.3 is 0 Å². The summed E-state index contributed by atoms with van der Waals surface area (Å²) < 4.78 is 5.05. The van der Waals surface area contributed by atoms with Crippen molar-refractivity contribution in [2.45, 2.75) is 13.8 Å². The van der Waals surface area contributed by atoms with Gasteiger partial charge in [0.1, 0.15) is 5.76 Å². The summed E-state index contributed by atoms with van der Waals surface area (Å²) in [7, 11) is 0. The van der Waals surface area contributed by atoms with Crippen LogP contribution < -0.4 is 10.6 Å². The van der Waals surface area contributed by atoms with Gasteiger partial charge in [-0.05, 0) is 18.9 Å². The van der Waals surface area contributed by atoms with Crippen molar-refractivity contribution in [1.82, 2.24) is 5.16 Å². The van der Waals surface area contributed by atoms with E-state index in [1.54, 1.807) is 12.2 Å². The molecular weight excluding hydrogens is 166 g/mol. The molecule has 0 aromatic carbocycles. The fraction of sp³-hybridized carbons (Fsp3) is 0.300. The van der Waals surface area contributed by atoms with Gasteiger partial charge in [0.25, 0.3) is 0 Å². The van der Waals surface area contributed by atoms with E-state index in [0.29, 0.717) is 5.42 Å². The highest BCUT2D eigenvalue weighted by Gasteiger charge is 2.05. The molecule has 3 nitrogen and oxygen atoms in total. The van der Waals surface area contributed by atoms with Crippen molar-refractivity contribution in [3.63, 3.8) is 0 Å². The van der Waals surface area contributed by atoms with Crippen LogP contribution in [0, 0.1) is 12.8 Å². The summed E-state index contributed by atoms with van der Waals surface area (Å²) in [4.78, 5) is 0. The Morgan fingerprint density at radius 3 is 3.00 bits per heavy atom. The van der Waals surface area contributed by atoms with Crippen molar-refractivity contribution >= 4 is 12.2 Å². The standard InChI is InChI=1S/C10H11NO2/c1-6-3-8(12)5-10-9(4-6)7(2)11-13-10/h3-6,12H,1-2H3. The summed E-state index contributed by atoms with van der Waals surface area (Å²) in [6, 6.07) is 0. The number of aryl methyl sites for hydroxylation is 1. The number of fused-ring (bicyclic) bond motifs is 1. The van der Waals surface area contributed by atoms with E-state index >= 15 is 0 Å². The maximum Gasteiger partial charge on any atom is 0.170 e. The number of nitrogens with zero attached hydrogens (tertiary/aromatic N) is 1. The molecule has 0 aliphatic heterocycles. The number of hydrogen-bond acceptors (Lipinski definition) is 3. The smallest absolute Gasteiger partial charge is 0.170 e. The summed E-state index contributed by atoms with van der Waals surface area (Å²) in [6.45, 7) is 3.90. The van der Waals surface area contributed by atoms with Gasteiger partial charge < -0.3 is 9.63 Å². The number of hydrogen-bond donors (Lipinski definition) is 1. The van der Waals surface area contributed by atoms with E-state index in [4.69, 9.17) is 4.52 Å². The van der Waals surface area contributed by atoms with Crippen LogP contribution >= 0.6 is 0 Å². The van der Waals surface area contributed by atoms with Crippen LogP contribution in [0.3, 0.4) is 0 Å². The molecule has 1 atom stereocenters. The van der Waals surface area contributed by atoms with Crippen LogP contribution in [0.25, 0.3) is 12.2 Å². The summed E-state index contributed by atoms with van der Waals surface area (Å²) >= 11 is 0. The largest absolute Gasteiger partial charge is 0.508 e. The first kappa shape index (κ1) is 8.10. The van der Waals surface area contributed by atoms with Crippen LogP contribution in [0.4, 0.5) is 0 Å². The first-order valence-electron chi connectivity index (χ1n) is 4.23. The van der Waals surface area contributed by atoms with Gasteiger partial charge in [0, 0.05) is 11.3 Å². The fourth-order valence-corrected chi connectivity index (χ4v) is 1.46. The quantitative estimate of drug-likeness (QED) is 0.632. The molecule has 2 rings (SSSR count). The van der Waals surface area contributed by atoms with Crippen LogP contribution in [0.5, 0.6) is 0 Å². The maximum absolute atomic E-state index is 9.41. The molecule has 0 fully saturated rings. The number of aliphatic hydroxyl groups excluding tert-OH is 1. The third-order valence-corrected chi connectivity index (χ3v) is 2.08. The van der Waals surface area contributed by atoms with Crippen molar-refractivity contribution in [2.24, 2.45) is 5.92 Å². The molecule has 3 heteroatoms. The Bertz CT molecular complexity index is 468. The molecule has 0 amide bonds. The number of aliphatic hydroxyl groups is 1. The minimum absolute atomic E-state index is 0.204. The molecule has 0 radical (unpaired) electrons. The van der Waals surface area contributed by atoms with E-state index in [2.05, 4.69) is 5.16 Å². The van der Waals surface area contributed by atoms with E-state index in [0.717, 1.165) is 10.9 Å².